The molecule has 1 saturated heterocycles. The molecular weight excluding hydrogens is 460 g/mol. The predicted molar refractivity (Wildman–Crippen MR) is 138 cm³/mol. The second kappa shape index (κ2) is 10.0. The first kappa shape index (κ1) is 24.7. The summed E-state index contributed by atoms with van der Waals surface area (Å²) in [6.07, 6.45) is 0. The molecule has 3 aromatic carbocycles. The Kier molecular flexibility index (Phi) is 6.87. The topological polar surface area (TPSA) is 88.5 Å². The van der Waals surface area contributed by atoms with Crippen molar-refractivity contribution in [2.45, 2.75) is 6.04 Å². The van der Waals surface area contributed by atoms with E-state index in [-0.39, 0.29) is 11.3 Å². The first-order chi connectivity index (χ1) is 17.3. The summed E-state index contributed by atoms with van der Waals surface area (Å²) in [6, 6.07) is 18.2. The van der Waals surface area contributed by atoms with Crippen molar-refractivity contribution >= 4 is 28.8 Å². The Hall–Kier alpha value is -4.46. The van der Waals surface area contributed by atoms with Crippen LogP contribution in [0.15, 0.2) is 72.3 Å². The number of amides is 1. The molecule has 0 radical (unpaired) electrons. The van der Waals surface area contributed by atoms with E-state index in [0.29, 0.717) is 34.1 Å². The molecule has 4 rings (SSSR count). The van der Waals surface area contributed by atoms with Crippen molar-refractivity contribution in [3.05, 3.63) is 83.4 Å². The fourth-order valence-electron chi connectivity index (χ4n) is 4.20. The molecule has 1 aliphatic heterocycles. The van der Waals surface area contributed by atoms with Gasteiger partial charge in [0.15, 0.2) is 0 Å². The number of methoxy groups -OCH3 is 3. The predicted octanol–water partition coefficient (Wildman–Crippen LogP) is 4.40. The van der Waals surface area contributed by atoms with Crippen molar-refractivity contribution < 1.29 is 28.9 Å². The Bertz CT molecular complexity index is 1290. The summed E-state index contributed by atoms with van der Waals surface area (Å²) in [6.45, 7) is 0. The number of aliphatic hydroxyl groups is 1. The average molecular weight is 489 g/mol. The summed E-state index contributed by atoms with van der Waals surface area (Å²) in [5.74, 6) is -0.290. The van der Waals surface area contributed by atoms with Gasteiger partial charge in [-0.05, 0) is 42.0 Å². The van der Waals surface area contributed by atoms with Gasteiger partial charge < -0.3 is 24.2 Å². The van der Waals surface area contributed by atoms with Crippen LogP contribution in [0.2, 0.25) is 0 Å². The Labute approximate surface area is 209 Å². The minimum atomic E-state index is -0.875. The zero-order valence-corrected chi connectivity index (χ0v) is 20.8. The standard InChI is InChI=1S/C28H28N2O6/c1-29(2)19-10-6-17(7-11-19)25-24(26(31)18-8-12-21(34-3)13-9-18)27(32)28(33)30(25)20-14-22(35-4)16-23(15-20)36-5/h6-16,25,31H,1-5H3/b26-24+. The smallest absolute Gasteiger partial charge is 0.300 e. The van der Waals surface area contributed by atoms with E-state index in [9.17, 15) is 14.7 Å². The molecule has 1 amide bonds. The number of hydrogen-bond donors (Lipinski definition) is 1. The summed E-state index contributed by atoms with van der Waals surface area (Å²) >= 11 is 0. The van der Waals surface area contributed by atoms with Crippen LogP contribution in [-0.4, -0.2) is 52.2 Å². The highest BCUT2D eigenvalue weighted by molar-refractivity contribution is 6.51. The minimum Gasteiger partial charge on any atom is -0.507 e. The van der Waals surface area contributed by atoms with Crippen molar-refractivity contribution in [1.29, 1.82) is 0 Å². The van der Waals surface area contributed by atoms with Gasteiger partial charge in [0.1, 0.15) is 23.0 Å². The van der Waals surface area contributed by atoms with Crippen molar-refractivity contribution in [2.24, 2.45) is 0 Å². The summed E-state index contributed by atoms with van der Waals surface area (Å²) < 4.78 is 16.0. The van der Waals surface area contributed by atoms with Gasteiger partial charge in [0.05, 0.1) is 38.6 Å². The van der Waals surface area contributed by atoms with Gasteiger partial charge in [-0.15, -0.1) is 0 Å². The Morgan fingerprint density at radius 3 is 1.86 bits per heavy atom. The van der Waals surface area contributed by atoms with Crippen LogP contribution in [-0.2, 0) is 9.59 Å². The van der Waals surface area contributed by atoms with Gasteiger partial charge in [-0.2, -0.15) is 0 Å². The van der Waals surface area contributed by atoms with Crippen LogP contribution in [0, 0.1) is 0 Å². The molecule has 36 heavy (non-hydrogen) atoms. The Morgan fingerprint density at radius 1 is 0.806 bits per heavy atom. The van der Waals surface area contributed by atoms with Crippen LogP contribution in [0.4, 0.5) is 11.4 Å². The third-order valence-electron chi connectivity index (χ3n) is 6.15. The van der Waals surface area contributed by atoms with E-state index in [1.807, 2.05) is 43.3 Å². The Balaban J connectivity index is 1.93. The van der Waals surface area contributed by atoms with E-state index >= 15 is 0 Å². The minimum absolute atomic E-state index is 0.00967. The lowest BCUT2D eigenvalue weighted by atomic mass is 9.95. The normalized spacial score (nSPS) is 16.7. The number of rotatable bonds is 7. The maximum absolute atomic E-state index is 13.4. The van der Waals surface area contributed by atoms with Crippen molar-refractivity contribution in [3.63, 3.8) is 0 Å². The van der Waals surface area contributed by atoms with Crippen LogP contribution in [0.1, 0.15) is 17.2 Å². The van der Waals surface area contributed by atoms with Crippen molar-refractivity contribution in [2.75, 3.05) is 45.2 Å². The largest absolute Gasteiger partial charge is 0.507 e. The molecule has 0 aromatic heterocycles. The number of carbonyl (C=O) groups is 2. The number of nitrogens with zero attached hydrogens (tertiary/aromatic N) is 2. The van der Waals surface area contributed by atoms with Crippen LogP contribution in [0.25, 0.3) is 5.76 Å². The number of anilines is 2. The number of ether oxygens (including phenoxy) is 3. The number of aliphatic hydroxyl groups excluding tert-OH is 1. The molecule has 1 unspecified atom stereocenters. The second-order valence-corrected chi connectivity index (χ2v) is 8.45. The molecule has 0 bridgehead atoms. The number of Topliss-reactive ketones (excluding diaryl/α,β-unsaturated/α-hetero) is 1. The van der Waals surface area contributed by atoms with Gasteiger partial charge >= 0.3 is 0 Å². The van der Waals surface area contributed by atoms with E-state index in [0.717, 1.165) is 5.69 Å². The zero-order valence-electron chi connectivity index (χ0n) is 20.8. The van der Waals surface area contributed by atoms with E-state index < -0.39 is 17.7 Å². The maximum atomic E-state index is 13.4. The van der Waals surface area contributed by atoms with Crippen molar-refractivity contribution in [3.8, 4) is 17.2 Å². The number of carbonyl (C=O) groups excluding carboxylic acids is 2. The summed E-state index contributed by atoms with van der Waals surface area (Å²) in [4.78, 5) is 30.1. The van der Waals surface area contributed by atoms with Gasteiger partial charge in [0.2, 0.25) is 0 Å². The van der Waals surface area contributed by atoms with Crippen LogP contribution in [0.5, 0.6) is 17.2 Å². The van der Waals surface area contributed by atoms with Gasteiger partial charge in [-0.1, -0.05) is 12.1 Å². The molecule has 1 N–H and O–H groups in total. The molecule has 1 atom stereocenters. The fourth-order valence-corrected chi connectivity index (χ4v) is 4.20. The Morgan fingerprint density at radius 2 is 1.36 bits per heavy atom. The molecule has 3 aromatic rings. The van der Waals surface area contributed by atoms with Gasteiger partial charge in [-0.3, -0.25) is 14.5 Å². The zero-order chi connectivity index (χ0) is 26.0. The van der Waals surface area contributed by atoms with E-state index in [2.05, 4.69) is 0 Å². The molecule has 0 saturated carbocycles. The number of ketones is 1. The van der Waals surface area contributed by atoms with E-state index in [1.165, 1.54) is 19.1 Å². The highest BCUT2D eigenvalue weighted by Gasteiger charge is 2.47. The van der Waals surface area contributed by atoms with Crippen molar-refractivity contribution in [1.82, 2.24) is 0 Å². The molecule has 1 heterocycles. The first-order valence-electron chi connectivity index (χ1n) is 11.2. The average Bonchev–Trinajstić information content (AvgIpc) is 3.18. The van der Waals surface area contributed by atoms with Crippen LogP contribution in [0.3, 0.4) is 0 Å². The lowest BCUT2D eigenvalue weighted by Crippen LogP contribution is -2.29. The summed E-state index contributed by atoms with van der Waals surface area (Å²) in [5, 5.41) is 11.3. The molecule has 8 nitrogen and oxygen atoms in total. The third-order valence-corrected chi connectivity index (χ3v) is 6.15. The molecule has 1 aliphatic rings. The third kappa shape index (κ3) is 4.45. The van der Waals surface area contributed by atoms with E-state index in [1.54, 1.807) is 49.6 Å². The van der Waals surface area contributed by atoms with Gasteiger partial charge in [0, 0.05) is 43.5 Å². The second-order valence-electron chi connectivity index (χ2n) is 8.45. The number of hydrogen-bond acceptors (Lipinski definition) is 7. The summed E-state index contributed by atoms with van der Waals surface area (Å²) in [5.41, 5.74) is 2.41. The molecule has 0 aliphatic carbocycles. The van der Waals surface area contributed by atoms with Gasteiger partial charge in [0.25, 0.3) is 11.7 Å². The highest BCUT2D eigenvalue weighted by Crippen LogP contribution is 2.44. The molecule has 0 spiro atoms. The maximum Gasteiger partial charge on any atom is 0.300 e. The molecular formula is C28H28N2O6. The SMILES string of the molecule is COc1ccc(/C(O)=C2\C(=O)C(=O)N(c3cc(OC)cc(OC)c3)C2c2ccc(N(C)C)cc2)cc1. The number of benzene rings is 3. The van der Waals surface area contributed by atoms with E-state index in [4.69, 9.17) is 14.2 Å². The monoisotopic (exact) mass is 488 g/mol. The lowest BCUT2D eigenvalue weighted by Gasteiger charge is -2.26. The fraction of sp³-hybridized carbons (Fsp3) is 0.214. The quantitative estimate of drug-likeness (QED) is 0.300. The van der Waals surface area contributed by atoms with Crippen LogP contribution >= 0.6 is 0 Å². The van der Waals surface area contributed by atoms with Gasteiger partial charge in [-0.25, -0.2) is 0 Å². The molecule has 8 heteroatoms. The summed E-state index contributed by atoms with van der Waals surface area (Å²) in [7, 11) is 8.41. The molecule has 186 valence electrons. The lowest BCUT2D eigenvalue weighted by molar-refractivity contribution is -0.132. The molecule has 1 fully saturated rings. The highest BCUT2D eigenvalue weighted by atomic mass is 16.5. The first-order valence-corrected chi connectivity index (χ1v) is 11.2. The van der Waals surface area contributed by atoms with Crippen LogP contribution < -0.4 is 24.0 Å².